The van der Waals surface area contributed by atoms with Gasteiger partial charge in [-0.1, -0.05) is 55.7 Å². The third-order valence-electron chi connectivity index (χ3n) is 9.00. The Morgan fingerprint density at radius 1 is 1.03 bits per heavy atom. The van der Waals surface area contributed by atoms with Crippen LogP contribution in [-0.4, -0.2) is 45.3 Å². The van der Waals surface area contributed by atoms with E-state index in [4.69, 9.17) is 10.2 Å². The molecule has 3 aliphatic carbocycles. The number of carboxylic acids is 1. The topological polar surface area (TPSA) is 81.0 Å². The van der Waals surface area contributed by atoms with Gasteiger partial charge in [0.1, 0.15) is 5.75 Å². The Labute approximate surface area is 202 Å². The number of phenols is 1. The van der Waals surface area contributed by atoms with E-state index < -0.39 is 12.1 Å². The molecule has 34 heavy (non-hydrogen) atoms. The summed E-state index contributed by atoms with van der Waals surface area (Å²) in [5.74, 6) is 1.06. The summed E-state index contributed by atoms with van der Waals surface area (Å²) in [7, 11) is 0. The number of nitrogens with zero attached hydrogens (tertiary/aromatic N) is 1. The molecule has 1 saturated heterocycles. The van der Waals surface area contributed by atoms with E-state index in [0.29, 0.717) is 16.7 Å². The van der Waals surface area contributed by atoms with Crippen LogP contribution in [0.2, 0.25) is 0 Å². The Hall–Kier alpha value is -2.37. The number of carbonyl (C=O) groups is 1. The van der Waals surface area contributed by atoms with E-state index in [1.165, 1.54) is 82.0 Å². The van der Waals surface area contributed by atoms with Crippen LogP contribution >= 0.6 is 0 Å². The predicted octanol–water partition coefficient (Wildman–Crippen LogP) is 5.06. The number of benzene rings is 2. The minimum absolute atomic E-state index is 0.380. The van der Waals surface area contributed by atoms with Crippen LogP contribution in [0.3, 0.4) is 0 Å². The first-order chi connectivity index (χ1) is 16.5. The number of aliphatic hydroxyl groups is 1. The molecule has 2 saturated carbocycles. The Bertz CT molecular complexity index is 1000. The highest BCUT2D eigenvalue weighted by Crippen LogP contribution is 2.56. The lowest BCUT2D eigenvalue weighted by Crippen LogP contribution is -2.61. The molecule has 2 aromatic rings. The van der Waals surface area contributed by atoms with Crippen LogP contribution in [0.25, 0.3) is 0 Å². The van der Waals surface area contributed by atoms with E-state index in [2.05, 4.69) is 17.0 Å². The van der Waals surface area contributed by atoms with Crippen molar-refractivity contribution in [2.24, 2.45) is 11.8 Å². The molecule has 4 atom stereocenters. The highest BCUT2D eigenvalue weighted by molar-refractivity contribution is 5.73. The summed E-state index contributed by atoms with van der Waals surface area (Å²) in [5, 5.41) is 27.5. The molecule has 6 rings (SSSR count). The summed E-state index contributed by atoms with van der Waals surface area (Å²) in [6, 6.07) is 15.3. The van der Waals surface area contributed by atoms with Gasteiger partial charge in [0.25, 0.3) is 0 Å². The Morgan fingerprint density at radius 3 is 2.53 bits per heavy atom. The molecule has 1 heterocycles. The van der Waals surface area contributed by atoms with Gasteiger partial charge in [0.05, 0.1) is 0 Å². The lowest BCUT2D eigenvalue weighted by Gasteiger charge is -2.59. The first-order valence-electron chi connectivity index (χ1n) is 13.0. The van der Waals surface area contributed by atoms with Crippen LogP contribution < -0.4 is 0 Å². The molecule has 182 valence electrons. The van der Waals surface area contributed by atoms with Crippen molar-refractivity contribution in [2.45, 2.75) is 75.3 Å². The van der Waals surface area contributed by atoms with Gasteiger partial charge in [0, 0.05) is 18.0 Å². The molecule has 3 fully saturated rings. The number of carboxylic acid groups (broad SMARTS) is 1. The molecule has 1 aliphatic heterocycles. The van der Waals surface area contributed by atoms with Crippen LogP contribution in [0.4, 0.5) is 0 Å². The maximum atomic E-state index is 10.2. The van der Waals surface area contributed by atoms with Gasteiger partial charge in [0.2, 0.25) is 0 Å². The third-order valence-corrected chi connectivity index (χ3v) is 9.00. The molecule has 5 nitrogen and oxygen atoms in total. The summed E-state index contributed by atoms with van der Waals surface area (Å²) in [5.41, 5.74) is 3.83. The second-order valence-electron chi connectivity index (χ2n) is 10.8. The predicted molar refractivity (Wildman–Crippen MR) is 132 cm³/mol. The van der Waals surface area contributed by atoms with Crippen molar-refractivity contribution >= 4 is 5.97 Å². The summed E-state index contributed by atoms with van der Waals surface area (Å²) in [6.07, 6.45) is 11.0. The Balaban J connectivity index is 0.000000186. The SMILES string of the molecule is O=C(O)[C@@H](O)c1ccccc1.Oc1ccc2c(c1)[C@]13CCCC[C@@H]1[C@H](C2)N(CC1CCC1)CC3. The average Bonchev–Trinajstić information content (AvgIpc) is 2.83. The maximum absolute atomic E-state index is 10.2. The zero-order valence-electron chi connectivity index (χ0n) is 19.9. The molecule has 0 radical (unpaired) electrons. The number of aliphatic carboxylic acids is 1. The van der Waals surface area contributed by atoms with Gasteiger partial charge in [0.15, 0.2) is 6.10 Å². The molecule has 0 aromatic heterocycles. The largest absolute Gasteiger partial charge is 0.508 e. The number of hydrogen-bond donors (Lipinski definition) is 3. The van der Waals surface area contributed by atoms with Crippen LogP contribution in [0.5, 0.6) is 5.75 Å². The molecule has 3 N–H and O–H groups in total. The molecule has 4 aliphatic rings. The monoisotopic (exact) mass is 463 g/mol. The summed E-state index contributed by atoms with van der Waals surface area (Å²) < 4.78 is 0. The van der Waals surface area contributed by atoms with Gasteiger partial charge < -0.3 is 15.3 Å². The quantitative estimate of drug-likeness (QED) is 0.591. The van der Waals surface area contributed by atoms with Crippen LogP contribution in [0.15, 0.2) is 48.5 Å². The minimum atomic E-state index is -1.41. The molecular weight excluding hydrogens is 426 g/mol. The number of fused-ring (bicyclic) bond motifs is 1. The zero-order valence-corrected chi connectivity index (χ0v) is 19.9. The molecule has 0 unspecified atom stereocenters. The van der Waals surface area contributed by atoms with Gasteiger partial charge in [-0.3, -0.25) is 4.90 Å². The standard InChI is InChI=1S/C21H29NO.C8H8O3/c23-17-8-7-16-12-20-18-6-1-2-9-21(18,19(16)13-17)10-11-22(20)14-15-4-3-5-15;9-7(8(10)11)6-4-2-1-3-5-6/h7-8,13,15,18,20,23H,1-6,9-12,14H2;1-5,7,9H,(H,10,11)/t18-,20+,21+;7-/m10/s1. The lowest BCUT2D eigenvalue weighted by molar-refractivity contribution is -0.146. The number of rotatable bonds is 4. The van der Waals surface area contributed by atoms with Crippen molar-refractivity contribution in [1.29, 1.82) is 0 Å². The maximum Gasteiger partial charge on any atom is 0.337 e. The van der Waals surface area contributed by atoms with E-state index >= 15 is 0 Å². The van der Waals surface area contributed by atoms with Crippen molar-refractivity contribution in [1.82, 2.24) is 4.90 Å². The molecular formula is C29H37NO4. The van der Waals surface area contributed by atoms with Gasteiger partial charge in [-0.25, -0.2) is 4.79 Å². The molecule has 0 amide bonds. The fourth-order valence-corrected chi connectivity index (χ4v) is 7.08. The fraction of sp³-hybridized carbons (Fsp3) is 0.552. The van der Waals surface area contributed by atoms with E-state index in [1.54, 1.807) is 30.3 Å². The van der Waals surface area contributed by atoms with E-state index in [0.717, 1.165) is 17.9 Å². The number of likely N-dealkylation sites (tertiary alicyclic amines) is 1. The van der Waals surface area contributed by atoms with Gasteiger partial charge in [-0.15, -0.1) is 0 Å². The zero-order chi connectivity index (χ0) is 23.7. The third kappa shape index (κ3) is 4.36. The summed E-state index contributed by atoms with van der Waals surface area (Å²) >= 11 is 0. The van der Waals surface area contributed by atoms with Gasteiger partial charge in [-0.2, -0.15) is 0 Å². The highest BCUT2D eigenvalue weighted by atomic mass is 16.4. The van der Waals surface area contributed by atoms with E-state index in [9.17, 15) is 9.90 Å². The smallest absolute Gasteiger partial charge is 0.337 e. The fourth-order valence-electron chi connectivity index (χ4n) is 7.08. The number of aromatic hydroxyl groups is 1. The average molecular weight is 464 g/mol. The molecule has 2 bridgehead atoms. The first-order valence-corrected chi connectivity index (χ1v) is 13.0. The first kappa shape index (κ1) is 23.4. The molecule has 2 aromatic carbocycles. The van der Waals surface area contributed by atoms with E-state index in [-0.39, 0.29) is 0 Å². The van der Waals surface area contributed by atoms with Crippen molar-refractivity contribution in [3.05, 3.63) is 65.2 Å². The van der Waals surface area contributed by atoms with Gasteiger partial charge >= 0.3 is 5.97 Å². The van der Waals surface area contributed by atoms with Crippen molar-refractivity contribution in [3.63, 3.8) is 0 Å². The van der Waals surface area contributed by atoms with Crippen molar-refractivity contribution in [3.8, 4) is 5.75 Å². The van der Waals surface area contributed by atoms with Crippen LogP contribution in [0, 0.1) is 11.8 Å². The van der Waals surface area contributed by atoms with Gasteiger partial charge in [-0.05, 0) is 85.7 Å². The second kappa shape index (κ2) is 9.71. The molecule has 5 heteroatoms. The lowest BCUT2D eigenvalue weighted by atomic mass is 9.52. The number of hydrogen-bond acceptors (Lipinski definition) is 4. The highest BCUT2D eigenvalue weighted by Gasteiger charge is 2.53. The number of aliphatic hydroxyl groups excluding tert-OH is 1. The van der Waals surface area contributed by atoms with E-state index in [1.807, 2.05) is 6.07 Å². The Kier molecular flexibility index (Phi) is 6.67. The Morgan fingerprint density at radius 2 is 1.82 bits per heavy atom. The summed E-state index contributed by atoms with van der Waals surface area (Å²) in [4.78, 5) is 13.1. The minimum Gasteiger partial charge on any atom is -0.508 e. The second-order valence-corrected chi connectivity index (χ2v) is 10.8. The number of phenolic OH excluding ortho intramolecular Hbond substituents is 1. The van der Waals surface area contributed by atoms with Crippen LogP contribution in [-0.2, 0) is 16.6 Å². The van der Waals surface area contributed by atoms with Crippen LogP contribution in [0.1, 0.15) is 74.2 Å². The van der Waals surface area contributed by atoms with Crippen molar-refractivity contribution in [2.75, 3.05) is 13.1 Å². The number of piperidine rings is 1. The normalized spacial score (nSPS) is 29.0. The van der Waals surface area contributed by atoms with Crippen molar-refractivity contribution < 1.29 is 20.1 Å². The molecule has 0 spiro atoms. The summed E-state index contributed by atoms with van der Waals surface area (Å²) in [6.45, 7) is 2.64.